The predicted molar refractivity (Wildman–Crippen MR) is 102 cm³/mol. The molecule has 0 radical (unpaired) electrons. The van der Waals surface area contributed by atoms with Gasteiger partial charge in [-0.05, 0) is 42.5 Å². The molecule has 26 heavy (non-hydrogen) atoms. The Morgan fingerprint density at radius 3 is 2.65 bits per heavy atom. The Bertz CT molecular complexity index is 876. The van der Waals surface area contributed by atoms with Gasteiger partial charge in [-0.1, -0.05) is 17.7 Å². The van der Waals surface area contributed by atoms with Crippen LogP contribution in [-0.4, -0.2) is 44.9 Å². The van der Waals surface area contributed by atoms with Gasteiger partial charge in [0.1, 0.15) is 9.96 Å². The highest BCUT2D eigenvalue weighted by Gasteiger charge is 2.30. The van der Waals surface area contributed by atoms with Gasteiger partial charge < -0.3 is 10.1 Å². The summed E-state index contributed by atoms with van der Waals surface area (Å²) in [5.41, 5.74) is 0.369. The van der Waals surface area contributed by atoms with E-state index in [0.717, 1.165) is 0 Å². The number of hydrogen-bond donors (Lipinski definition) is 1. The Balaban J connectivity index is 1.63. The molecule has 0 unspecified atom stereocenters. The molecular formula is C17H19ClN2O4S2. The Kier molecular flexibility index (Phi) is 5.86. The van der Waals surface area contributed by atoms with Crippen LogP contribution in [0.4, 0.5) is 0 Å². The summed E-state index contributed by atoms with van der Waals surface area (Å²) < 4.78 is 32.1. The highest BCUT2D eigenvalue weighted by atomic mass is 35.5. The van der Waals surface area contributed by atoms with Gasteiger partial charge in [0.25, 0.3) is 15.9 Å². The topological polar surface area (TPSA) is 75.7 Å². The molecule has 0 saturated carbocycles. The van der Waals surface area contributed by atoms with Crippen molar-refractivity contribution in [3.8, 4) is 5.75 Å². The highest BCUT2D eigenvalue weighted by molar-refractivity contribution is 7.91. The number of carbonyl (C=O) groups is 1. The lowest BCUT2D eigenvalue weighted by molar-refractivity contribution is 0.0921. The van der Waals surface area contributed by atoms with Crippen LogP contribution < -0.4 is 10.1 Å². The molecule has 6 nitrogen and oxygen atoms in total. The summed E-state index contributed by atoms with van der Waals surface area (Å²) in [6.07, 6.45) is 1.11. The summed E-state index contributed by atoms with van der Waals surface area (Å²) >= 11 is 7.18. The lowest BCUT2D eigenvalue weighted by Gasteiger charge is -2.31. The van der Waals surface area contributed by atoms with Gasteiger partial charge in [-0.25, -0.2) is 8.42 Å². The second-order valence-electron chi connectivity index (χ2n) is 5.93. The number of sulfonamides is 1. The average Bonchev–Trinajstić information content (AvgIpc) is 3.17. The normalized spacial score (nSPS) is 16.4. The van der Waals surface area contributed by atoms with Crippen LogP contribution in [0, 0.1) is 0 Å². The second-order valence-corrected chi connectivity index (χ2v) is 9.48. The van der Waals surface area contributed by atoms with Crippen molar-refractivity contribution in [2.75, 3.05) is 20.2 Å². The van der Waals surface area contributed by atoms with E-state index in [9.17, 15) is 13.2 Å². The van der Waals surface area contributed by atoms with E-state index in [1.807, 2.05) is 0 Å². The van der Waals surface area contributed by atoms with E-state index < -0.39 is 10.0 Å². The minimum absolute atomic E-state index is 0.0963. The fourth-order valence-electron chi connectivity index (χ4n) is 2.90. The van der Waals surface area contributed by atoms with Crippen LogP contribution in [0.25, 0.3) is 0 Å². The van der Waals surface area contributed by atoms with Crippen molar-refractivity contribution in [1.29, 1.82) is 0 Å². The van der Waals surface area contributed by atoms with Gasteiger partial charge in [0.2, 0.25) is 0 Å². The van der Waals surface area contributed by atoms with Gasteiger partial charge >= 0.3 is 0 Å². The summed E-state index contributed by atoms with van der Waals surface area (Å²) in [7, 11) is -1.94. The zero-order valence-electron chi connectivity index (χ0n) is 14.1. The largest absolute Gasteiger partial charge is 0.496 e. The molecule has 9 heteroatoms. The first-order chi connectivity index (χ1) is 12.4. The molecule has 2 aromatic rings. The molecule has 0 bridgehead atoms. The Labute approximate surface area is 161 Å². The number of benzene rings is 1. The molecule has 140 valence electrons. The lowest BCUT2D eigenvalue weighted by atomic mass is 10.1. The van der Waals surface area contributed by atoms with E-state index in [0.29, 0.717) is 46.5 Å². The zero-order chi connectivity index (χ0) is 18.7. The number of amides is 1. The molecule has 1 N–H and O–H groups in total. The number of thiophene rings is 1. The number of carbonyl (C=O) groups excluding carboxylic acids is 1. The van der Waals surface area contributed by atoms with Crippen molar-refractivity contribution < 1.29 is 17.9 Å². The van der Waals surface area contributed by atoms with Crippen molar-refractivity contribution in [2.24, 2.45) is 0 Å². The summed E-state index contributed by atoms with van der Waals surface area (Å²) in [6.45, 7) is 0.746. The molecule has 1 fully saturated rings. The van der Waals surface area contributed by atoms with E-state index in [4.69, 9.17) is 16.3 Å². The number of nitrogens with one attached hydrogen (secondary N) is 1. The first kappa shape index (κ1) is 19.2. The molecule has 0 aliphatic carbocycles. The van der Waals surface area contributed by atoms with Crippen molar-refractivity contribution in [3.05, 3.63) is 46.3 Å². The number of rotatable bonds is 5. The maximum absolute atomic E-state index is 12.5. The van der Waals surface area contributed by atoms with Crippen LogP contribution in [-0.2, 0) is 10.0 Å². The molecular weight excluding hydrogens is 396 g/mol. The van der Waals surface area contributed by atoms with E-state index in [2.05, 4.69) is 5.32 Å². The Hall–Kier alpha value is -1.61. The number of halogens is 1. The fraction of sp³-hybridized carbons (Fsp3) is 0.353. The first-order valence-corrected chi connectivity index (χ1v) is 10.8. The Morgan fingerprint density at radius 1 is 1.31 bits per heavy atom. The van der Waals surface area contributed by atoms with E-state index in [1.165, 1.54) is 22.8 Å². The summed E-state index contributed by atoms with van der Waals surface area (Å²) in [4.78, 5) is 12.5. The summed E-state index contributed by atoms with van der Waals surface area (Å²) in [5, 5.41) is 5.15. The second kappa shape index (κ2) is 7.96. The maximum Gasteiger partial charge on any atom is 0.255 e. The minimum atomic E-state index is -3.44. The SMILES string of the molecule is COc1ccc(Cl)cc1C(=O)NC1CCN(S(=O)(=O)c2cccs2)CC1. The third kappa shape index (κ3) is 4.03. The summed E-state index contributed by atoms with van der Waals surface area (Å²) in [6, 6.07) is 8.10. The molecule has 2 heterocycles. The maximum atomic E-state index is 12.5. The van der Waals surface area contributed by atoms with Crippen molar-refractivity contribution in [3.63, 3.8) is 0 Å². The van der Waals surface area contributed by atoms with Crippen molar-refractivity contribution >= 4 is 38.9 Å². The predicted octanol–water partition coefficient (Wildman–Crippen LogP) is 2.99. The van der Waals surface area contributed by atoms with Crippen LogP contribution in [0.15, 0.2) is 39.9 Å². The number of hydrogen-bond acceptors (Lipinski definition) is 5. The Morgan fingerprint density at radius 2 is 2.04 bits per heavy atom. The lowest BCUT2D eigenvalue weighted by Crippen LogP contribution is -2.46. The van der Waals surface area contributed by atoms with Gasteiger partial charge in [-0.2, -0.15) is 4.31 Å². The van der Waals surface area contributed by atoms with Crippen molar-refractivity contribution in [2.45, 2.75) is 23.1 Å². The van der Waals surface area contributed by atoms with Gasteiger partial charge in [0, 0.05) is 24.2 Å². The van der Waals surface area contributed by atoms with Crippen LogP contribution in [0.3, 0.4) is 0 Å². The van der Waals surface area contributed by atoms with Gasteiger partial charge in [-0.15, -0.1) is 11.3 Å². The molecule has 1 amide bonds. The number of piperidine rings is 1. The van der Waals surface area contributed by atoms with E-state index in [-0.39, 0.29) is 11.9 Å². The van der Waals surface area contributed by atoms with E-state index in [1.54, 1.807) is 35.7 Å². The quantitative estimate of drug-likeness (QED) is 0.816. The van der Waals surface area contributed by atoms with Crippen LogP contribution >= 0.6 is 22.9 Å². The van der Waals surface area contributed by atoms with Crippen LogP contribution in [0.2, 0.25) is 5.02 Å². The van der Waals surface area contributed by atoms with Gasteiger partial charge in [0.15, 0.2) is 0 Å². The third-order valence-electron chi connectivity index (χ3n) is 4.28. The standard InChI is InChI=1S/C17H19ClN2O4S2/c1-24-15-5-4-12(18)11-14(15)17(21)19-13-6-8-20(9-7-13)26(22,23)16-3-2-10-25-16/h2-5,10-11,13H,6-9H2,1H3,(H,19,21). The van der Waals surface area contributed by atoms with Crippen molar-refractivity contribution in [1.82, 2.24) is 9.62 Å². The zero-order valence-corrected chi connectivity index (χ0v) is 16.5. The molecule has 1 saturated heterocycles. The third-order valence-corrected chi connectivity index (χ3v) is 7.79. The van der Waals surface area contributed by atoms with Gasteiger partial charge in [0.05, 0.1) is 12.7 Å². The first-order valence-electron chi connectivity index (χ1n) is 8.10. The average molecular weight is 415 g/mol. The summed E-state index contributed by atoms with van der Waals surface area (Å²) in [5.74, 6) is 0.175. The molecule has 3 rings (SSSR count). The molecule has 1 aliphatic rings. The molecule has 0 spiro atoms. The van der Waals surface area contributed by atoms with E-state index >= 15 is 0 Å². The number of ether oxygens (including phenoxy) is 1. The molecule has 1 aromatic carbocycles. The molecule has 1 aromatic heterocycles. The fourth-order valence-corrected chi connectivity index (χ4v) is 5.69. The number of nitrogens with zero attached hydrogens (tertiary/aromatic N) is 1. The monoisotopic (exact) mass is 414 g/mol. The van der Waals surface area contributed by atoms with Gasteiger partial charge in [-0.3, -0.25) is 4.79 Å². The molecule has 1 aliphatic heterocycles. The smallest absolute Gasteiger partial charge is 0.255 e. The van der Waals surface area contributed by atoms with Crippen LogP contribution in [0.1, 0.15) is 23.2 Å². The minimum Gasteiger partial charge on any atom is -0.496 e. The highest BCUT2D eigenvalue weighted by Crippen LogP contribution is 2.25. The number of methoxy groups -OCH3 is 1. The molecule has 0 atom stereocenters. The van der Waals surface area contributed by atoms with Crippen LogP contribution in [0.5, 0.6) is 5.75 Å².